The molecular formula is C30H36N6O2. The van der Waals surface area contributed by atoms with Gasteiger partial charge in [0.25, 0.3) is 0 Å². The Balaban J connectivity index is 1.28. The van der Waals surface area contributed by atoms with Gasteiger partial charge < -0.3 is 19.5 Å². The molecule has 0 atom stereocenters. The SMILES string of the molecule is CCN1CCN(Cc2ccc(Nc3nc4ccc(Oc5ccnc(CC(C)=O)c5)cc4n3C)cc2C)CC1. The van der Waals surface area contributed by atoms with Crippen LogP contribution in [0.4, 0.5) is 11.6 Å². The Hall–Kier alpha value is -3.75. The predicted molar refractivity (Wildman–Crippen MR) is 151 cm³/mol. The summed E-state index contributed by atoms with van der Waals surface area (Å²) in [4.78, 5) is 25.5. The summed E-state index contributed by atoms with van der Waals surface area (Å²) in [5.74, 6) is 2.19. The highest BCUT2D eigenvalue weighted by atomic mass is 16.5. The lowest BCUT2D eigenvalue weighted by Gasteiger charge is -2.34. The van der Waals surface area contributed by atoms with E-state index in [9.17, 15) is 4.79 Å². The maximum Gasteiger partial charge on any atom is 0.208 e. The van der Waals surface area contributed by atoms with Crippen LogP contribution in [0.2, 0.25) is 0 Å². The van der Waals surface area contributed by atoms with Gasteiger partial charge in [-0.1, -0.05) is 13.0 Å². The van der Waals surface area contributed by atoms with Crippen molar-refractivity contribution in [3.05, 3.63) is 71.5 Å². The van der Waals surface area contributed by atoms with E-state index in [4.69, 9.17) is 9.72 Å². The fourth-order valence-corrected chi connectivity index (χ4v) is 4.94. The van der Waals surface area contributed by atoms with Gasteiger partial charge in [-0.15, -0.1) is 0 Å². The van der Waals surface area contributed by atoms with E-state index in [-0.39, 0.29) is 5.78 Å². The van der Waals surface area contributed by atoms with E-state index in [1.807, 2.05) is 29.8 Å². The number of likely N-dealkylation sites (N-methyl/N-ethyl adjacent to an activating group) is 1. The molecule has 0 amide bonds. The van der Waals surface area contributed by atoms with Gasteiger partial charge in [0.2, 0.25) is 5.95 Å². The summed E-state index contributed by atoms with van der Waals surface area (Å²) in [7, 11) is 2.00. The second-order valence-corrected chi connectivity index (χ2v) is 10.1. The number of ether oxygens (including phenoxy) is 1. The monoisotopic (exact) mass is 512 g/mol. The molecule has 0 aliphatic carbocycles. The first-order chi connectivity index (χ1) is 18.4. The Morgan fingerprint density at radius 2 is 1.76 bits per heavy atom. The van der Waals surface area contributed by atoms with E-state index in [2.05, 4.69) is 52.1 Å². The highest BCUT2D eigenvalue weighted by molar-refractivity contribution is 5.81. The number of pyridine rings is 1. The average Bonchev–Trinajstić information content (AvgIpc) is 3.20. The van der Waals surface area contributed by atoms with Crippen LogP contribution < -0.4 is 10.1 Å². The number of imidazole rings is 1. The van der Waals surface area contributed by atoms with Crippen LogP contribution in [0.3, 0.4) is 0 Å². The Bertz CT molecular complexity index is 1440. The minimum Gasteiger partial charge on any atom is -0.457 e. The molecule has 1 aliphatic heterocycles. The van der Waals surface area contributed by atoms with Crippen molar-refractivity contribution < 1.29 is 9.53 Å². The maximum absolute atomic E-state index is 11.4. The number of aromatic nitrogens is 3. The number of hydrogen-bond donors (Lipinski definition) is 1. The number of fused-ring (bicyclic) bond motifs is 1. The summed E-state index contributed by atoms with van der Waals surface area (Å²) in [6.07, 6.45) is 1.96. The fraction of sp³-hybridized carbons (Fsp3) is 0.367. The molecule has 1 saturated heterocycles. The van der Waals surface area contributed by atoms with Crippen LogP contribution in [-0.2, 0) is 24.8 Å². The number of nitrogens with zero attached hydrogens (tertiary/aromatic N) is 5. The van der Waals surface area contributed by atoms with E-state index >= 15 is 0 Å². The van der Waals surface area contributed by atoms with Crippen LogP contribution in [0.15, 0.2) is 54.7 Å². The first-order valence-electron chi connectivity index (χ1n) is 13.3. The standard InChI is InChI=1S/C30H36N6O2/c1-5-35-12-14-36(15-13-35)20-23-6-7-24(16-21(23)2)32-30-33-28-9-8-26(19-29(28)34(30)4)38-27-10-11-31-25(18-27)17-22(3)37/h6-11,16,18-19H,5,12-15,17,20H2,1-4H3,(H,32,33). The van der Waals surface area contributed by atoms with Gasteiger partial charge in [-0.05, 0) is 61.9 Å². The summed E-state index contributed by atoms with van der Waals surface area (Å²) in [6, 6.07) is 16.0. The van der Waals surface area contributed by atoms with Crippen LogP contribution in [0.5, 0.6) is 11.5 Å². The van der Waals surface area contributed by atoms with Crippen molar-refractivity contribution in [2.45, 2.75) is 33.7 Å². The van der Waals surface area contributed by atoms with Crippen LogP contribution in [-0.4, -0.2) is 62.8 Å². The van der Waals surface area contributed by atoms with Crippen molar-refractivity contribution in [3.8, 4) is 11.5 Å². The number of benzene rings is 2. The number of hydrogen-bond acceptors (Lipinski definition) is 7. The number of ketones is 1. The van der Waals surface area contributed by atoms with Crippen LogP contribution in [0.25, 0.3) is 11.0 Å². The van der Waals surface area contributed by atoms with Crippen LogP contribution in [0, 0.1) is 6.92 Å². The van der Waals surface area contributed by atoms with Crippen LogP contribution in [0.1, 0.15) is 30.7 Å². The van der Waals surface area contributed by atoms with Gasteiger partial charge in [0, 0.05) is 70.2 Å². The molecule has 0 radical (unpaired) electrons. The Kier molecular flexibility index (Phi) is 7.72. The number of aryl methyl sites for hydroxylation is 2. The molecule has 1 fully saturated rings. The number of Topliss-reactive ketones (excluding diaryl/α,β-unsaturated/α-hetero) is 1. The molecule has 198 valence electrons. The second kappa shape index (κ2) is 11.3. The molecule has 0 bridgehead atoms. The van der Waals surface area contributed by atoms with Gasteiger partial charge in [0.1, 0.15) is 17.3 Å². The fourth-order valence-electron chi connectivity index (χ4n) is 4.94. The molecule has 5 rings (SSSR count). The molecule has 2 aromatic carbocycles. The summed E-state index contributed by atoms with van der Waals surface area (Å²) in [5, 5.41) is 3.49. The lowest BCUT2D eigenvalue weighted by Crippen LogP contribution is -2.45. The molecule has 38 heavy (non-hydrogen) atoms. The normalized spacial score (nSPS) is 14.6. The molecule has 4 aromatic rings. The number of piperazine rings is 1. The van der Waals surface area contributed by atoms with Crippen LogP contribution >= 0.6 is 0 Å². The lowest BCUT2D eigenvalue weighted by atomic mass is 10.1. The summed E-state index contributed by atoms with van der Waals surface area (Å²) in [6.45, 7) is 12.7. The van der Waals surface area contributed by atoms with E-state index < -0.39 is 0 Å². The Morgan fingerprint density at radius 1 is 1.00 bits per heavy atom. The van der Waals surface area contributed by atoms with Crippen molar-refractivity contribution in [3.63, 3.8) is 0 Å². The molecule has 8 heteroatoms. The zero-order valence-electron chi connectivity index (χ0n) is 22.7. The number of nitrogens with one attached hydrogen (secondary N) is 1. The average molecular weight is 513 g/mol. The largest absolute Gasteiger partial charge is 0.457 e. The summed E-state index contributed by atoms with van der Waals surface area (Å²) >= 11 is 0. The van der Waals surface area contributed by atoms with E-state index in [1.54, 1.807) is 25.3 Å². The minimum absolute atomic E-state index is 0.0706. The molecule has 2 aromatic heterocycles. The minimum atomic E-state index is 0.0706. The third-order valence-corrected chi connectivity index (χ3v) is 7.21. The van der Waals surface area contributed by atoms with Crippen molar-refractivity contribution in [1.29, 1.82) is 0 Å². The van der Waals surface area contributed by atoms with Gasteiger partial charge in [-0.25, -0.2) is 4.98 Å². The highest BCUT2D eigenvalue weighted by Gasteiger charge is 2.17. The topological polar surface area (TPSA) is 75.5 Å². The molecule has 3 heterocycles. The number of carbonyl (C=O) groups excluding carboxylic acids is 1. The molecular weight excluding hydrogens is 476 g/mol. The van der Waals surface area contributed by atoms with Gasteiger partial charge in [-0.2, -0.15) is 0 Å². The Morgan fingerprint density at radius 3 is 2.50 bits per heavy atom. The molecule has 8 nitrogen and oxygen atoms in total. The zero-order valence-corrected chi connectivity index (χ0v) is 22.7. The molecule has 1 aliphatic rings. The first kappa shape index (κ1) is 25.9. The zero-order chi connectivity index (χ0) is 26.6. The quantitative estimate of drug-likeness (QED) is 0.335. The lowest BCUT2D eigenvalue weighted by molar-refractivity contribution is -0.116. The van der Waals surface area contributed by atoms with Crippen molar-refractivity contribution >= 4 is 28.5 Å². The smallest absolute Gasteiger partial charge is 0.208 e. The molecule has 0 saturated carbocycles. The van der Waals surface area contributed by atoms with Crippen molar-refractivity contribution in [1.82, 2.24) is 24.3 Å². The van der Waals surface area contributed by atoms with Crippen molar-refractivity contribution in [2.75, 3.05) is 38.0 Å². The number of rotatable bonds is 9. The van der Waals surface area contributed by atoms with E-state index in [1.165, 1.54) is 11.1 Å². The van der Waals surface area contributed by atoms with Gasteiger partial charge in [0.05, 0.1) is 16.7 Å². The number of anilines is 2. The third-order valence-electron chi connectivity index (χ3n) is 7.21. The van der Waals surface area contributed by atoms with Gasteiger partial charge in [-0.3, -0.25) is 14.7 Å². The van der Waals surface area contributed by atoms with Gasteiger partial charge >= 0.3 is 0 Å². The summed E-state index contributed by atoms with van der Waals surface area (Å²) in [5.41, 5.74) is 6.21. The van der Waals surface area contributed by atoms with Crippen molar-refractivity contribution in [2.24, 2.45) is 7.05 Å². The van der Waals surface area contributed by atoms with Gasteiger partial charge in [0.15, 0.2) is 0 Å². The molecule has 1 N–H and O–H groups in total. The number of carbonyl (C=O) groups is 1. The molecule has 0 spiro atoms. The molecule has 0 unspecified atom stereocenters. The predicted octanol–water partition coefficient (Wildman–Crippen LogP) is 5.08. The highest BCUT2D eigenvalue weighted by Crippen LogP contribution is 2.29. The van der Waals surface area contributed by atoms with E-state index in [0.29, 0.717) is 23.6 Å². The third kappa shape index (κ3) is 6.03. The summed E-state index contributed by atoms with van der Waals surface area (Å²) < 4.78 is 8.11. The second-order valence-electron chi connectivity index (χ2n) is 10.1. The maximum atomic E-state index is 11.4. The first-order valence-corrected chi connectivity index (χ1v) is 13.3. The van der Waals surface area contributed by atoms with E-state index in [0.717, 1.165) is 61.9 Å². The Labute approximate surface area is 224 Å².